The van der Waals surface area contributed by atoms with Crippen molar-refractivity contribution >= 4 is 52.3 Å². The summed E-state index contributed by atoms with van der Waals surface area (Å²) < 4.78 is 1.23. The molecule has 1 aromatic heterocycles. The molecule has 1 amide bonds. The number of para-hydroxylation sites is 1. The van der Waals surface area contributed by atoms with Gasteiger partial charge in [0.2, 0.25) is 5.91 Å². The first-order chi connectivity index (χ1) is 11.3. The number of nitrogens with zero attached hydrogens (tertiary/aromatic N) is 1. The fourth-order valence-corrected chi connectivity index (χ4v) is 4.91. The van der Waals surface area contributed by atoms with Gasteiger partial charge in [-0.3, -0.25) is 4.79 Å². The highest BCUT2D eigenvalue weighted by Gasteiger charge is 2.33. The number of nitrogens with one attached hydrogen (secondary N) is 2. The number of hydrogen-bond donors (Lipinski definition) is 2. The van der Waals surface area contributed by atoms with Crippen molar-refractivity contribution in [3.8, 4) is 0 Å². The van der Waals surface area contributed by atoms with Gasteiger partial charge in [-0.15, -0.1) is 36.2 Å². The van der Waals surface area contributed by atoms with Crippen molar-refractivity contribution in [2.75, 3.05) is 0 Å². The lowest BCUT2D eigenvalue weighted by atomic mass is 9.99. The van der Waals surface area contributed by atoms with Crippen LogP contribution < -0.4 is 10.6 Å². The summed E-state index contributed by atoms with van der Waals surface area (Å²) in [7, 11) is 0. The molecule has 2 saturated heterocycles. The number of fused-ring (bicyclic) bond motifs is 3. The molecule has 2 unspecified atom stereocenters. The Bertz CT molecular complexity index is 663. The molecule has 2 fully saturated rings. The van der Waals surface area contributed by atoms with E-state index in [0.29, 0.717) is 24.5 Å². The van der Waals surface area contributed by atoms with Crippen molar-refractivity contribution in [1.82, 2.24) is 15.6 Å². The van der Waals surface area contributed by atoms with Gasteiger partial charge in [0.1, 0.15) is 0 Å². The fraction of sp³-hybridized carbons (Fsp3) is 0.556. The summed E-state index contributed by atoms with van der Waals surface area (Å²) in [5, 5.41) is 7.99. The number of aromatic nitrogens is 1. The first-order valence-corrected chi connectivity index (χ1v) is 9.48. The van der Waals surface area contributed by atoms with Crippen LogP contribution in [-0.4, -0.2) is 29.0 Å². The van der Waals surface area contributed by atoms with E-state index in [-0.39, 0.29) is 30.7 Å². The zero-order valence-electron chi connectivity index (χ0n) is 14.1. The maximum Gasteiger partial charge on any atom is 0.220 e. The second-order valence-electron chi connectivity index (χ2n) is 6.80. The van der Waals surface area contributed by atoms with Crippen LogP contribution in [0.3, 0.4) is 0 Å². The third-order valence-electron chi connectivity index (χ3n) is 4.97. The van der Waals surface area contributed by atoms with Gasteiger partial charge < -0.3 is 10.6 Å². The van der Waals surface area contributed by atoms with E-state index in [1.54, 1.807) is 11.3 Å². The van der Waals surface area contributed by atoms with Gasteiger partial charge in [-0.05, 0) is 50.7 Å². The molecule has 0 saturated carbocycles. The minimum Gasteiger partial charge on any atom is -0.353 e. The van der Waals surface area contributed by atoms with E-state index in [1.165, 1.54) is 17.5 Å². The smallest absolute Gasteiger partial charge is 0.220 e. The number of amides is 1. The highest BCUT2D eigenvalue weighted by atomic mass is 35.5. The Morgan fingerprint density at radius 3 is 2.64 bits per heavy atom. The molecule has 3 heterocycles. The summed E-state index contributed by atoms with van der Waals surface area (Å²) in [4.78, 5) is 16.8. The van der Waals surface area contributed by atoms with E-state index in [4.69, 9.17) is 0 Å². The number of carbonyl (C=O) groups excluding carboxylic acids is 1. The molecule has 138 valence electrons. The van der Waals surface area contributed by atoms with Crippen LogP contribution in [0, 0.1) is 0 Å². The number of halogens is 2. The van der Waals surface area contributed by atoms with Crippen LogP contribution in [0.4, 0.5) is 0 Å². The zero-order chi connectivity index (χ0) is 15.6. The number of rotatable bonds is 5. The van der Waals surface area contributed by atoms with Gasteiger partial charge >= 0.3 is 0 Å². The molecule has 2 aliphatic heterocycles. The van der Waals surface area contributed by atoms with E-state index >= 15 is 0 Å². The SMILES string of the molecule is Cl.Cl.O=C(CCCc1nc2ccccc2s1)NC1CC2CCC(C1)N2. The molecule has 0 radical (unpaired) electrons. The average Bonchev–Trinajstić information content (AvgIpc) is 3.09. The van der Waals surface area contributed by atoms with E-state index in [1.807, 2.05) is 18.2 Å². The summed E-state index contributed by atoms with van der Waals surface area (Å²) in [6, 6.07) is 9.85. The van der Waals surface area contributed by atoms with Crippen LogP contribution in [0.1, 0.15) is 43.5 Å². The highest BCUT2D eigenvalue weighted by molar-refractivity contribution is 7.18. The van der Waals surface area contributed by atoms with E-state index in [9.17, 15) is 4.79 Å². The monoisotopic (exact) mass is 401 g/mol. The molecule has 25 heavy (non-hydrogen) atoms. The number of carbonyl (C=O) groups is 1. The number of aryl methyl sites for hydroxylation is 1. The van der Waals surface area contributed by atoms with E-state index in [2.05, 4.69) is 21.7 Å². The zero-order valence-corrected chi connectivity index (χ0v) is 16.5. The van der Waals surface area contributed by atoms with Gasteiger partial charge in [-0.1, -0.05) is 12.1 Å². The second kappa shape index (κ2) is 9.17. The minimum atomic E-state index is 0. The molecule has 1 aromatic carbocycles. The van der Waals surface area contributed by atoms with Gasteiger partial charge in [-0.25, -0.2) is 4.98 Å². The summed E-state index contributed by atoms with van der Waals surface area (Å²) in [5.41, 5.74) is 1.07. The average molecular weight is 402 g/mol. The maximum absolute atomic E-state index is 12.2. The summed E-state index contributed by atoms with van der Waals surface area (Å²) in [5.74, 6) is 0.206. The Labute approximate surface area is 165 Å². The van der Waals surface area contributed by atoms with Crippen molar-refractivity contribution in [1.29, 1.82) is 0 Å². The third-order valence-corrected chi connectivity index (χ3v) is 6.07. The fourth-order valence-electron chi connectivity index (χ4n) is 3.90. The summed E-state index contributed by atoms with van der Waals surface area (Å²) >= 11 is 1.74. The molecule has 2 aliphatic rings. The predicted octanol–water partition coefficient (Wildman–Crippen LogP) is 3.86. The standard InChI is InChI=1S/C18H23N3OS.2ClH/c22-17(20-14-10-12-8-9-13(11-14)19-12)6-3-7-18-21-15-4-1-2-5-16(15)23-18;;/h1-2,4-5,12-14,19H,3,6-11H2,(H,20,22);2*1H. The van der Waals surface area contributed by atoms with E-state index < -0.39 is 0 Å². The van der Waals surface area contributed by atoms with Crippen LogP contribution in [0.2, 0.25) is 0 Å². The van der Waals surface area contributed by atoms with Crippen molar-refractivity contribution in [2.24, 2.45) is 0 Å². The Hall–Kier alpha value is -0.880. The second-order valence-corrected chi connectivity index (χ2v) is 7.92. The molecule has 2 bridgehead atoms. The van der Waals surface area contributed by atoms with Gasteiger partial charge in [0.25, 0.3) is 0 Å². The van der Waals surface area contributed by atoms with Crippen LogP contribution in [0.25, 0.3) is 10.2 Å². The number of benzene rings is 1. The lowest BCUT2D eigenvalue weighted by Crippen LogP contribution is -2.48. The summed E-state index contributed by atoms with van der Waals surface area (Å²) in [6.07, 6.45) is 7.12. The highest BCUT2D eigenvalue weighted by Crippen LogP contribution is 2.27. The van der Waals surface area contributed by atoms with Gasteiger partial charge in [0.05, 0.1) is 15.2 Å². The number of piperidine rings is 1. The van der Waals surface area contributed by atoms with Crippen molar-refractivity contribution in [3.05, 3.63) is 29.3 Å². The first kappa shape index (κ1) is 20.4. The van der Waals surface area contributed by atoms with Crippen molar-refractivity contribution in [2.45, 2.75) is 63.1 Å². The molecule has 4 nitrogen and oxygen atoms in total. The normalized spacial score (nSPS) is 24.4. The van der Waals surface area contributed by atoms with Crippen molar-refractivity contribution < 1.29 is 4.79 Å². The lowest BCUT2D eigenvalue weighted by Gasteiger charge is -2.29. The molecule has 2 aromatic rings. The van der Waals surface area contributed by atoms with Crippen LogP contribution in [0.15, 0.2) is 24.3 Å². The van der Waals surface area contributed by atoms with Gasteiger partial charge in [0, 0.05) is 24.5 Å². The molecular formula is C18H25Cl2N3OS. The largest absolute Gasteiger partial charge is 0.353 e. The third kappa shape index (κ3) is 5.07. The van der Waals surface area contributed by atoms with E-state index in [0.717, 1.165) is 36.2 Å². The topological polar surface area (TPSA) is 54.0 Å². The number of hydrogen-bond acceptors (Lipinski definition) is 4. The molecule has 4 rings (SSSR count). The van der Waals surface area contributed by atoms with Gasteiger partial charge in [0.15, 0.2) is 0 Å². The molecule has 2 atom stereocenters. The Kier molecular flexibility index (Phi) is 7.50. The lowest BCUT2D eigenvalue weighted by molar-refractivity contribution is -0.122. The van der Waals surface area contributed by atoms with Gasteiger partial charge in [-0.2, -0.15) is 0 Å². The number of thiazole rings is 1. The Morgan fingerprint density at radius 1 is 1.20 bits per heavy atom. The molecular weight excluding hydrogens is 377 g/mol. The maximum atomic E-state index is 12.2. The molecule has 2 N–H and O–H groups in total. The van der Waals surface area contributed by atoms with Crippen LogP contribution >= 0.6 is 36.2 Å². The van der Waals surface area contributed by atoms with Crippen LogP contribution in [0.5, 0.6) is 0 Å². The first-order valence-electron chi connectivity index (χ1n) is 8.66. The quantitative estimate of drug-likeness (QED) is 0.799. The Balaban J connectivity index is 0.00000113. The van der Waals surface area contributed by atoms with Crippen LogP contribution in [-0.2, 0) is 11.2 Å². The Morgan fingerprint density at radius 2 is 1.92 bits per heavy atom. The molecule has 7 heteroatoms. The molecule has 0 spiro atoms. The predicted molar refractivity (Wildman–Crippen MR) is 108 cm³/mol. The summed E-state index contributed by atoms with van der Waals surface area (Å²) in [6.45, 7) is 0. The minimum absolute atomic E-state index is 0. The van der Waals surface area contributed by atoms with Crippen molar-refractivity contribution in [3.63, 3.8) is 0 Å². The molecule has 0 aliphatic carbocycles.